The number of rotatable bonds is 3. The zero-order chi connectivity index (χ0) is 13.9. The van der Waals surface area contributed by atoms with Gasteiger partial charge in [0.15, 0.2) is 0 Å². The molecule has 108 valence electrons. The Hall–Kier alpha value is -1.32. The predicted octanol–water partition coefficient (Wildman–Crippen LogP) is 3.01. The van der Waals surface area contributed by atoms with Gasteiger partial charge < -0.3 is 10.3 Å². The van der Waals surface area contributed by atoms with Crippen LogP contribution in [0.3, 0.4) is 0 Å². The lowest BCUT2D eigenvalue weighted by Gasteiger charge is -2.20. The molecule has 0 spiro atoms. The van der Waals surface area contributed by atoms with E-state index in [0.717, 1.165) is 6.54 Å². The van der Waals surface area contributed by atoms with Crippen LogP contribution < -0.4 is 5.73 Å². The van der Waals surface area contributed by atoms with Gasteiger partial charge >= 0.3 is 0 Å². The molecule has 3 nitrogen and oxygen atoms in total. The molecule has 0 unspecified atom stereocenters. The number of aromatic nitrogens is 1. The molecule has 1 aliphatic rings. The second kappa shape index (κ2) is 5.98. The quantitative estimate of drug-likeness (QED) is 0.931. The molecular formula is C17H25N3. The van der Waals surface area contributed by atoms with Gasteiger partial charge in [-0.1, -0.05) is 25.0 Å². The first-order chi connectivity index (χ1) is 9.79. The summed E-state index contributed by atoms with van der Waals surface area (Å²) in [7, 11) is 2.18. The molecule has 1 aliphatic heterocycles. The van der Waals surface area contributed by atoms with Crippen LogP contribution in [-0.4, -0.2) is 22.6 Å². The van der Waals surface area contributed by atoms with Crippen LogP contribution >= 0.6 is 0 Å². The highest BCUT2D eigenvalue weighted by molar-refractivity contribution is 5.84. The molecule has 0 radical (unpaired) electrons. The van der Waals surface area contributed by atoms with Gasteiger partial charge in [0, 0.05) is 36.7 Å². The first-order valence-corrected chi connectivity index (χ1v) is 7.78. The Labute approximate surface area is 121 Å². The summed E-state index contributed by atoms with van der Waals surface area (Å²) in [5.74, 6) is 0. The van der Waals surface area contributed by atoms with Crippen molar-refractivity contribution in [1.29, 1.82) is 0 Å². The zero-order valence-electron chi connectivity index (χ0n) is 12.4. The maximum atomic E-state index is 5.86. The summed E-state index contributed by atoms with van der Waals surface area (Å²) in [6.45, 7) is 4.16. The molecule has 0 saturated carbocycles. The highest BCUT2D eigenvalue weighted by Gasteiger charge is 2.13. The van der Waals surface area contributed by atoms with Crippen molar-refractivity contribution in [3.05, 3.63) is 35.5 Å². The molecule has 1 aromatic carbocycles. The van der Waals surface area contributed by atoms with Crippen molar-refractivity contribution in [3.63, 3.8) is 0 Å². The molecule has 1 saturated heterocycles. The lowest BCUT2D eigenvalue weighted by atomic mass is 10.1. The van der Waals surface area contributed by atoms with Gasteiger partial charge in [-0.05, 0) is 43.6 Å². The number of likely N-dealkylation sites (tertiary alicyclic amines) is 1. The molecule has 0 atom stereocenters. The minimum atomic E-state index is 0.616. The lowest BCUT2D eigenvalue weighted by Crippen LogP contribution is -2.25. The van der Waals surface area contributed by atoms with Crippen LogP contribution in [0.4, 0.5) is 0 Å². The summed E-state index contributed by atoms with van der Waals surface area (Å²) in [5, 5.41) is 1.32. The topological polar surface area (TPSA) is 34.2 Å². The zero-order valence-corrected chi connectivity index (χ0v) is 12.4. The summed E-state index contributed by atoms with van der Waals surface area (Å²) >= 11 is 0. The van der Waals surface area contributed by atoms with Crippen LogP contribution in [0.15, 0.2) is 24.3 Å². The van der Waals surface area contributed by atoms with E-state index in [1.54, 1.807) is 0 Å². The number of benzene rings is 1. The molecule has 3 heteroatoms. The van der Waals surface area contributed by atoms with Crippen molar-refractivity contribution >= 4 is 10.9 Å². The van der Waals surface area contributed by atoms with Gasteiger partial charge in [-0.3, -0.25) is 4.90 Å². The van der Waals surface area contributed by atoms with E-state index >= 15 is 0 Å². The molecule has 2 N–H and O–H groups in total. The fourth-order valence-corrected chi connectivity index (χ4v) is 3.33. The van der Waals surface area contributed by atoms with Crippen LogP contribution in [0.1, 0.15) is 36.9 Å². The van der Waals surface area contributed by atoms with E-state index in [9.17, 15) is 0 Å². The third-order valence-electron chi connectivity index (χ3n) is 4.58. The fourth-order valence-electron chi connectivity index (χ4n) is 3.33. The van der Waals surface area contributed by atoms with Crippen LogP contribution in [0.25, 0.3) is 10.9 Å². The number of hydrogen-bond acceptors (Lipinski definition) is 2. The van der Waals surface area contributed by atoms with Crippen LogP contribution in [-0.2, 0) is 20.1 Å². The van der Waals surface area contributed by atoms with Crippen molar-refractivity contribution in [2.75, 3.05) is 13.1 Å². The summed E-state index contributed by atoms with van der Waals surface area (Å²) in [6, 6.07) is 8.78. The van der Waals surface area contributed by atoms with Gasteiger partial charge in [0.05, 0.1) is 0 Å². The number of aryl methyl sites for hydroxylation is 1. The van der Waals surface area contributed by atoms with E-state index in [-0.39, 0.29) is 0 Å². The van der Waals surface area contributed by atoms with Gasteiger partial charge in [-0.25, -0.2) is 0 Å². The van der Waals surface area contributed by atoms with Crippen LogP contribution in [0.2, 0.25) is 0 Å². The van der Waals surface area contributed by atoms with E-state index in [1.165, 1.54) is 60.9 Å². The molecule has 0 bridgehead atoms. The Bertz CT molecular complexity index is 577. The van der Waals surface area contributed by atoms with Crippen LogP contribution in [0.5, 0.6) is 0 Å². The Morgan fingerprint density at radius 2 is 1.85 bits per heavy atom. The Morgan fingerprint density at radius 1 is 1.10 bits per heavy atom. The predicted molar refractivity (Wildman–Crippen MR) is 84.6 cm³/mol. The second-order valence-corrected chi connectivity index (χ2v) is 5.94. The van der Waals surface area contributed by atoms with Crippen molar-refractivity contribution in [2.24, 2.45) is 12.8 Å². The lowest BCUT2D eigenvalue weighted by molar-refractivity contribution is 0.271. The second-order valence-electron chi connectivity index (χ2n) is 5.94. The smallest absolute Gasteiger partial charge is 0.0483 e. The summed E-state index contributed by atoms with van der Waals surface area (Å²) in [6.07, 6.45) is 5.47. The fraction of sp³-hybridized carbons (Fsp3) is 0.529. The number of fused-ring (bicyclic) bond motifs is 1. The number of hydrogen-bond donors (Lipinski definition) is 1. The molecule has 1 fully saturated rings. The molecule has 0 aliphatic carbocycles. The standard InChI is InChI=1S/C17H25N3/c1-19-15(13-20-9-4-2-3-5-10-20)11-16-14(12-18)7-6-8-17(16)19/h6-8,11H,2-5,9-10,12-13,18H2,1H3. The van der Waals surface area contributed by atoms with Gasteiger partial charge in [-0.2, -0.15) is 0 Å². The molecule has 0 amide bonds. The van der Waals surface area contributed by atoms with Crippen molar-refractivity contribution in [2.45, 2.75) is 38.8 Å². The number of nitrogens with zero attached hydrogens (tertiary/aromatic N) is 2. The maximum absolute atomic E-state index is 5.86. The maximum Gasteiger partial charge on any atom is 0.0483 e. The van der Waals surface area contributed by atoms with E-state index in [2.05, 4.69) is 40.8 Å². The Morgan fingerprint density at radius 3 is 2.55 bits per heavy atom. The minimum Gasteiger partial charge on any atom is -0.346 e. The highest BCUT2D eigenvalue weighted by Crippen LogP contribution is 2.24. The van der Waals surface area contributed by atoms with Gasteiger partial charge in [0.1, 0.15) is 0 Å². The van der Waals surface area contributed by atoms with Gasteiger partial charge in [0.2, 0.25) is 0 Å². The normalized spacial score (nSPS) is 17.5. The van der Waals surface area contributed by atoms with Crippen molar-refractivity contribution in [1.82, 2.24) is 9.47 Å². The van der Waals surface area contributed by atoms with Crippen molar-refractivity contribution < 1.29 is 0 Å². The van der Waals surface area contributed by atoms with Gasteiger partial charge in [-0.15, -0.1) is 0 Å². The van der Waals surface area contributed by atoms with E-state index < -0.39 is 0 Å². The number of nitrogens with two attached hydrogens (primary N) is 1. The van der Waals surface area contributed by atoms with E-state index in [0.29, 0.717) is 6.54 Å². The third-order valence-corrected chi connectivity index (χ3v) is 4.58. The Kier molecular flexibility index (Phi) is 4.08. The monoisotopic (exact) mass is 271 g/mol. The molecule has 20 heavy (non-hydrogen) atoms. The average molecular weight is 271 g/mol. The van der Waals surface area contributed by atoms with E-state index in [1.807, 2.05) is 0 Å². The van der Waals surface area contributed by atoms with E-state index in [4.69, 9.17) is 5.73 Å². The van der Waals surface area contributed by atoms with Crippen molar-refractivity contribution in [3.8, 4) is 0 Å². The first kappa shape index (κ1) is 13.7. The SMILES string of the molecule is Cn1c(CN2CCCCCC2)cc2c(CN)cccc21. The molecule has 2 aromatic rings. The summed E-state index contributed by atoms with van der Waals surface area (Å²) in [5.41, 5.74) is 9.82. The first-order valence-electron chi connectivity index (χ1n) is 7.78. The summed E-state index contributed by atoms with van der Waals surface area (Å²) in [4.78, 5) is 2.60. The third kappa shape index (κ3) is 2.60. The molecule has 2 heterocycles. The highest BCUT2D eigenvalue weighted by atomic mass is 15.1. The minimum absolute atomic E-state index is 0.616. The Balaban J connectivity index is 1.89. The average Bonchev–Trinajstić information content (AvgIpc) is 2.67. The molecular weight excluding hydrogens is 246 g/mol. The van der Waals surface area contributed by atoms with Gasteiger partial charge in [0.25, 0.3) is 0 Å². The molecule has 1 aromatic heterocycles. The van der Waals surface area contributed by atoms with Crippen LogP contribution in [0, 0.1) is 0 Å². The summed E-state index contributed by atoms with van der Waals surface area (Å²) < 4.78 is 2.33. The largest absolute Gasteiger partial charge is 0.346 e. The molecule has 3 rings (SSSR count).